The Labute approximate surface area is 125 Å². The summed E-state index contributed by atoms with van der Waals surface area (Å²) in [6, 6.07) is 3.64. The van der Waals surface area contributed by atoms with Gasteiger partial charge in [-0.2, -0.15) is 0 Å². The molecule has 0 heterocycles. The number of aliphatic hydroxyl groups is 1. The van der Waals surface area contributed by atoms with Gasteiger partial charge < -0.3 is 14.6 Å². The van der Waals surface area contributed by atoms with Crippen LogP contribution >= 0.6 is 11.6 Å². The Balaban J connectivity index is 2.27. The number of ether oxygens (including phenoxy) is 2. The lowest BCUT2D eigenvalue weighted by Gasteiger charge is -2.31. The SMILES string of the molecule is COc1ccc(C(O)C2CCCC(C)C2)c(Cl)c1OC. The van der Waals surface area contributed by atoms with Crippen LogP contribution in [0.2, 0.25) is 5.02 Å². The minimum atomic E-state index is -0.537. The second-order valence-electron chi connectivity index (χ2n) is 5.68. The van der Waals surface area contributed by atoms with Crippen LogP contribution in [0.3, 0.4) is 0 Å². The number of rotatable bonds is 4. The highest BCUT2D eigenvalue weighted by atomic mass is 35.5. The molecule has 0 saturated heterocycles. The summed E-state index contributed by atoms with van der Waals surface area (Å²) in [5.74, 6) is 2.02. The van der Waals surface area contributed by atoms with Gasteiger partial charge in [0.25, 0.3) is 0 Å². The maximum absolute atomic E-state index is 10.6. The van der Waals surface area contributed by atoms with Crippen molar-refractivity contribution in [1.82, 2.24) is 0 Å². The highest BCUT2D eigenvalue weighted by Crippen LogP contribution is 2.44. The molecular formula is C16H23ClO3. The van der Waals surface area contributed by atoms with Crippen LogP contribution in [0.1, 0.15) is 44.3 Å². The van der Waals surface area contributed by atoms with Crippen molar-refractivity contribution >= 4 is 11.6 Å². The van der Waals surface area contributed by atoms with Crippen LogP contribution < -0.4 is 9.47 Å². The topological polar surface area (TPSA) is 38.7 Å². The molecule has 1 aliphatic carbocycles. The Kier molecular flexibility index (Phi) is 5.17. The molecule has 0 radical (unpaired) electrons. The Bertz CT molecular complexity index is 461. The predicted octanol–water partition coefficient (Wildman–Crippen LogP) is 4.22. The zero-order valence-corrected chi connectivity index (χ0v) is 13.1. The minimum absolute atomic E-state index is 0.273. The molecule has 3 unspecified atom stereocenters. The van der Waals surface area contributed by atoms with E-state index in [1.807, 2.05) is 6.07 Å². The monoisotopic (exact) mass is 298 g/mol. The first kappa shape index (κ1) is 15.5. The van der Waals surface area contributed by atoms with Gasteiger partial charge in [-0.15, -0.1) is 0 Å². The molecule has 2 rings (SSSR count). The standard InChI is InChI=1S/C16H23ClO3/c1-10-5-4-6-11(9-10)15(18)12-7-8-13(19-2)16(20-3)14(12)17/h7-8,10-11,15,18H,4-6,9H2,1-3H3. The van der Waals surface area contributed by atoms with Gasteiger partial charge in [0.05, 0.1) is 25.3 Å². The predicted molar refractivity (Wildman–Crippen MR) is 80.6 cm³/mol. The number of hydrogen-bond acceptors (Lipinski definition) is 3. The molecule has 0 amide bonds. The van der Waals surface area contributed by atoms with Gasteiger partial charge in [0.15, 0.2) is 11.5 Å². The third-order valence-corrected chi connectivity index (χ3v) is 4.65. The summed E-state index contributed by atoms with van der Waals surface area (Å²) < 4.78 is 10.5. The number of hydrogen-bond donors (Lipinski definition) is 1. The average Bonchev–Trinajstić information content (AvgIpc) is 2.46. The first-order chi connectivity index (χ1) is 9.58. The number of benzene rings is 1. The van der Waals surface area contributed by atoms with Crippen molar-refractivity contribution in [3.8, 4) is 11.5 Å². The summed E-state index contributed by atoms with van der Waals surface area (Å²) in [7, 11) is 3.13. The molecule has 112 valence electrons. The Hall–Kier alpha value is -0.930. The fourth-order valence-electron chi connectivity index (χ4n) is 3.15. The van der Waals surface area contributed by atoms with E-state index in [-0.39, 0.29) is 5.92 Å². The molecule has 1 fully saturated rings. The van der Waals surface area contributed by atoms with Crippen molar-refractivity contribution in [3.05, 3.63) is 22.7 Å². The van der Waals surface area contributed by atoms with E-state index in [0.29, 0.717) is 22.4 Å². The lowest BCUT2D eigenvalue weighted by molar-refractivity contribution is 0.0712. The highest BCUT2D eigenvalue weighted by Gasteiger charge is 2.29. The van der Waals surface area contributed by atoms with Gasteiger partial charge in [-0.05, 0) is 30.7 Å². The minimum Gasteiger partial charge on any atom is -0.493 e. The van der Waals surface area contributed by atoms with Crippen molar-refractivity contribution < 1.29 is 14.6 Å². The molecule has 1 aromatic rings. The van der Waals surface area contributed by atoms with Crippen molar-refractivity contribution in [1.29, 1.82) is 0 Å². The molecule has 1 aliphatic rings. The van der Waals surface area contributed by atoms with Crippen LogP contribution in [-0.4, -0.2) is 19.3 Å². The lowest BCUT2D eigenvalue weighted by Crippen LogP contribution is -2.20. The highest BCUT2D eigenvalue weighted by molar-refractivity contribution is 6.33. The van der Waals surface area contributed by atoms with E-state index in [4.69, 9.17) is 21.1 Å². The van der Waals surface area contributed by atoms with Crippen molar-refractivity contribution in [2.45, 2.75) is 38.7 Å². The zero-order valence-electron chi connectivity index (χ0n) is 12.4. The van der Waals surface area contributed by atoms with Gasteiger partial charge in [-0.25, -0.2) is 0 Å². The van der Waals surface area contributed by atoms with Gasteiger partial charge in [0.1, 0.15) is 0 Å². The van der Waals surface area contributed by atoms with Gasteiger partial charge >= 0.3 is 0 Å². The maximum atomic E-state index is 10.6. The van der Waals surface area contributed by atoms with Crippen LogP contribution in [-0.2, 0) is 0 Å². The molecule has 3 nitrogen and oxygen atoms in total. The summed E-state index contributed by atoms with van der Waals surface area (Å²) in [4.78, 5) is 0. The first-order valence-corrected chi connectivity index (χ1v) is 7.54. The summed E-state index contributed by atoms with van der Waals surface area (Å²) >= 11 is 6.38. The van der Waals surface area contributed by atoms with Gasteiger partial charge in [-0.3, -0.25) is 0 Å². The number of aliphatic hydroxyl groups excluding tert-OH is 1. The number of halogens is 1. The van der Waals surface area contributed by atoms with Crippen LogP contribution in [0.15, 0.2) is 12.1 Å². The molecular weight excluding hydrogens is 276 g/mol. The van der Waals surface area contributed by atoms with E-state index >= 15 is 0 Å². The first-order valence-electron chi connectivity index (χ1n) is 7.16. The number of methoxy groups -OCH3 is 2. The van der Waals surface area contributed by atoms with Crippen LogP contribution in [0, 0.1) is 11.8 Å². The summed E-state index contributed by atoms with van der Waals surface area (Å²) in [5.41, 5.74) is 0.739. The van der Waals surface area contributed by atoms with E-state index in [0.717, 1.165) is 18.4 Å². The molecule has 0 spiro atoms. The molecule has 0 bridgehead atoms. The molecule has 4 heteroatoms. The smallest absolute Gasteiger partial charge is 0.179 e. The van der Waals surface area contributed by atoms with E-state index < -0.39 is 6.10 Å². The van der Waals surface area contributed by atoms with Crippen LogP contribution in [0.5, 0.6) is 11.5 Å². The molecule has 0 aliphatic heterocycles. The van der Waals surface area contributed by atoms with Gasteiger partial charge in [0.2, 0.25) is 0 Å². The van der Waals surface area contributed by atoms with E-state index in [2.05, 4.69) is 6.92 Å². The normalized spacial score (nSPS) is 24.2. The van der Waals surface area contributed by atoms with Gasteiger partial charge in [0, 0.05) is 5.56 Å². The molecule has 1 saturated carbocycles. The Morgan fingerprint density at radius 1 is 1.25 bits per heavy atom. The maximum Gasteiger partial charge on any atom is 0.179 e. The largest absolute Gasteiger partial charge is 0.493 e. The fraction of sp³-hybridized carbons (Fsp3) is 0.625. The lowest BCUT2D eigenvalue weighted by atomic mass is 9.78. The van der Waals surface area contributed by atoms with E-state index in [1.54, 1.807) is 20.3 Å². The third kappa shape index (κ3) is 3.04. The Morgan fingerprint density at radius 3 is 2.60 bits per heavy atom. The summed E-state index contributed by atoms with van der Waals surface area (Å²) in [5, 5.41) is 11.1. The van der Waals surface area contributed by atoms with E-state index in [9.17, 15) is 5.11 Å². The van der Waals surface area contributed by atoms with E-state index in [1.165, 1.54) is 12.8 Å². The Morgan fingerprint density at radius 2 is 2.00 bits per heavy atom. The average molecular weight is 299 g/mol. The fourth-order valence-corrected chi connectivity index (χ4v) is 3.50. The zero-order chi connectivity index (χ0) is 14.7. The molecule has 20 heavy (non-hydrogen) atoms. The molecule has 3 atom stereocenters. The van der Waals surface area contributed by atoms with Crippen molar-refractivity contribution in [2.75, 3.05) is 14.2 Å². The third-order valence-electron chi connectivity index (χ3n) is 4.26. The molecule has 1 aromatic carbocycles. The molecule has 0 aromatic heterocycles. The second-order valence-corrected chi connectivity index (χ2v) is 6.06. The van der Waals surface area contributed by atoms with Crippen LogP contribution in [0.25, 0.3) is 0 Å². The molecule has 1 N–H and O–H groups in total. The summed E-state index contributed by atoms with van der Waals surface area (Å²) in [6.45, 7) is 2.25. The van der Waals surface area contributed by atoms with Crippen LogP contribution in [0.4, 0.5) is 0 Å². The quantitative estimate of drug-likeness (QED) is 0.904. The van der Waals surface area contributed by atoms with Crippen molar-refractivity contribution in [3.63, 3.8) is 0 Å². The van der Waals surface area contributed by atoms with Gasteiger partial charge in [-0.1, -0.05) is 37.4 Å². The second kappa shape index (κ2) is 6.68. The van der Waals surface area contributed by atoms with Crippen molar-refractivity contribution in [2.24, 2.45) is 11.8 Å². The summed E-state index contributed by atoms with van der Waals surface area (Å²) in [6.07, 6.45) is 3.99.